The SMILES string of the molecule is Fc1cccc(OCCNCC2CCN(Cc3ccccc3)CC2)c1. The summed E-state index contributed by atoms with van der Waals surface area (Å²) in [6.07, 6.45) is 2.48. The minimum atomic E-state index is -0.257. The van der Waals surface area contributed by atoms with E-state index < -0.39 is 0 Å². The van der Waals surface area contributed by atoms with Gasteiger partial charge in [0.25, 0.3) is 0 Å². The van der Waals surface area contributed by atoms with E-state index in [1.54, 1.807) is 12.1 Å². The molecule has 1 aliphatic heterocycles. The van der Waals surface area contributed by atoms with Crippen LogP contribution in [-0.2, 0) is 6.54 Å². The Kier molecular flexibility index (Phi) is 6.83. The Morgan fingerprint density at radius 1 is 1.04 bits per heavy atom. The summed E-state index contributed by atoms with van der Waals surface area (Å²) in [4.78, 5) is 2.54. The summed E-state index contributed by atoms with van der Waals surface area (Å²) in [5, 5.41) is 3.47. The van der Waals surface area contributed by atoms with Crippen molar-refractivity contribution in [2.45, 2.75) is 19.4 Å². The lowest BCUT2D eigenvalue weighted by atomic mass is 9.96. The van der Waals surface area contributed by atoms with Crippen molar-refractivity contribution < 1.29 is 9.13 Å². The van der Waals surface area contributed by atoms with Crippen molar-refractivity contribution in [1.29, 1.82) is 0 Å². The summed E-state index contributed by atoms with van der Waals surface area (Å²) in [5.41, 5.74) is 1.40. The van der Waals surface area contributed by atoms with Crippen molar-refractivity contribution in [1.82, 2.24) is 10.2 Å². The zero-order valence-electron chi connectivity index (χ0n) is 14.7. The molecule has 0 spiro atoms. The summed E-state index contributed by atoms with van der Waals surface area (Å²) in [7, 11) is 0. The number of nitrogens with one attached hydrogen (secondary N) is 1. The molecular weight excluding hydrogens is 315 g/mol. The summed E-state index contributed by atoms with van der Waals surface area (Å²) in [5.74, 6) is 1.07. The molecule has 4 heteroatoms. The van der Waals surface area contributed by atoms with E-state index in [1.165, 1.54) is 43.6 Å². The number of benzene rings is 2. The highest BCUT2D eigenvalue weighted by Gasteiger charge is 2.18. The molecule has 25 heavy (non-hydrogen) atoms. The van der Waals surface area contributed by atoms with Crippen molar-refractivity contribution in [3.05, 3.63) is 66.0 Å². The number of ether oxygens (including phenoxy) is 1. The van der Waals surface area contributed by atoms with Gasteiger partial charge in [0.1, 0.15) is 18.2 Å². The molecule has 1 aliphatic rings. The first-order valence-electron chi connectivity index (χ1n) is 9.15. The summed E-state index contributed by atoms with van der Waals surface area (Å²) in [6, 6.07) is 17.0. The predicted molar refractivity (Wildman–Crippen MR) is 99.2 cm³/mol. The first kappa shape index (κ1) is 17.9. The Morgan fingerprint density at radius 2 is 1.84 bits per heavy atom. The van der Waals surface area contributed by atoms with Crippen LogP contribution in [0.25, 0.3) is 0 Å². The van der Waals surface area contributed by atoms with E-state index in [9.17, 15) is 4.39 Å². The van der Waals surface area contributed by atoms with Gasteiger partial charge in [0.15, 0.2) is 0 Å². The first-order chi connectivity index (χ1) is 12.3. The van der Waals surface area contributed by atoms with Crippen molar-refractivity contribution >= 4 is 0 Å². The van der Waals surface area contributed by atoms with E-state index in [4.69, 9.17) is 4.74 Å². The van der Waals surface area contributed by atoms with Crippen molar-refractivity contribution in [3.63, 3.8) is 0 Å². The lowest BCUT2D eigenvalue weighted by Gasteiger charge is -2.32. The van der Waals surface area contributed by atoms with E-state index in [1.807, 2.05) is 0 Å². The van der Waals surface area contributed by atoms with Gasteiger partial charge in [-0.3, -0.25) is 4.90 Å². The Balaban J connectivity index is 1.27. The van der Waals surface area contributed by atoms with E-state index in [2.05, 4.69) is 40.5 Å². The molecular formula is C21H27FN2O. The highest BCUT2D eigenvalue weighted by molar-refractivity contribution is 5.22. The molecule has 1 N–H and O–H groups in total. The quantitative estimate of drug-likeness (QED) is 0.740. The second-order valence-corrected chi connectivity index (χ2v) is 6.72. The van der Waals surface area contributed by atoms with Gasteiger partial charge >= 0.3 is 0 Å². The van der Waals surface area contributed by atoms with Crippen LogP contribution in [-0.4, -0.2) is 37.7 Å². The van der Waals surface area contributed by atoms with Crippen molar-refractivity contribution in [2.75, 3.05) is 32.8 Å². The number of nitrogens with zero attached hydrogens (tertiary/aromatic N) is 1. The molecule has 1 fully saturated rings. The van der Waals surface area contributed by atoms with Crippen molar-refractivity contribution in [2.24, 2.45) is 5.92 Å². The molecule has 3 rings (SSSR count). The third-order valence-electron chi connectivity index (χ3n) is 4.73. The fraction of sp³-hybridized carbons (Fsp3) is 0.429. The maximum absolute atomic E-state index is 13.1. The lowest BCUT2D eigenvalue weighted by Crippen LogP contribution is -2.37. The number of hydrogen-bond acceptors (Lipinski definition) is 3. The second-order valence-electron chi connectivity index (χ2n) is 6.72. The fourth-order valence-corrected chi connectivity index (χ4v) is 3.29. The van der Waals surface area contributed by atoms with Crippen LogP contribution in [0.2, 0.25) is 0 Å². The summed E-state index contributed by atoms with van der Waals surface area (Å²) in [6.45, 7) is 5.78. The summed E-state index contributed by atoms with van der Waals surface area (Å²) >= 11 is 0. The highest BCUT2D eigenvalue weighted by Crippen LogP contribution is 2.18. The third-order valence-corrected chi connectivity index (χ3v) is 4.73. The number of piperidine rings is 1. The van der Waals surface area contributed by atoms with Crippen LogP contribution < -0.4 is 10.1 Å². The van der Waals surface area contributed by atoms with Crippen LogP contribution in [0.15, 0.2) is 54.6 Å². The van der Waals surface area contributed by atoms with E-state index in [0.29, 0.717) is 12.4 Å². The molecule has 0 unspecified atom stereocenters. The minimum Gasteiger partial charge on any atom is -0.492 e. The van der Waals surface area contributed by atoms with Gasteiger partial charge in [0.2, 0.25) is 0 Å². The number of likely N-dealkylation sites (tertiary alicyclic amines) is 1. The Labute approximate surface area is 149 Å². The molecule has 2 aromatic rings. The predicted octanol–water partition coefficient (Wildman–Crippen LogP) is 3.71. The lowest BCUT2D eigenvalue weighted by molar-refractivity contribution is 0.174. The van der Waals surface area contributed by atoms with Gasteiger partial charge in [0, 0.05) is 19.2 Å². The van der Waals surface area contributed by atoms with Crippen molar-refractivity contribution in [3.8, 4) is 5.75 Å². The maximum atomic E-state index is 13.1. The minimum absolute atomic E-state index is 0.257. The van der Waals surface area contributed by atoms with Crippen LogP contribution in [0.5, 0.6) is 5.75 Å². The molecule has 134 valence electrons. The van der Waals surface area contributed by atoms with Gasteiger partial charge in [-0.2, -0.15) is 0 Å². The van der Waals surface area contributed by atoms with Gasteiger partial charge in [-0.25, -0.2) is 4.39 Å². The summed E-state index contributed by atoms with van der Waals surface area (Å²) < 4.78 is 18.6. The average molecular weight is 342 g/mol. The molecule has 3 nitrogen and oxygen atoms in total. The molecule has 2 aromatic carbocycles. The Morgan fingerprint density at radius 3 is 2.60 bits per heavy atom. The van der Waals surface area contributed by atoms with E-state index in [0.717, 1.165) is 25.6 Å². The average Bonchev–Trinajstić information content (AvgIpc) is 2.64. The molecule has 0 bridgehead atoms. The topological polar surface area (TPSA) is 24.5 Å². The molecule has 0 aliphatic carbocycles. The van der Waals surface area contributed by atoms with Crippen LogP contribution in [0.4, 0.5) is 4.39 Å². The molecule has 1 heterocycles. The second kappa shape index (κ2) is 9.54. The first-order valence-corrected chi connectivity index (χ1v) is 9.15. The Hall–Kier alpha value is -1.91. The van der Waals surface area contributed by atoms with Gasteiger partial charge in [0.05, 0.1) is 0 Å². The molecule has 0 aromatic heterocycles. The standard InChI is InChI=1S/C21H27FN2O/c22-20-7-4-8-21(15-20)25-14-11-23-16-18-9-12-24(13-10-18)17-19-5-2-1-3-6-19/h1-8,15,18,23H,9-14,16-17H2. The van der Waals surface area contributed by atoms with E-state index >= 15 is 0 Å². The molecule has 0 atom stereocenters. The zero-order chi connectivity index (χ0) is 17.3. The van der Waals surface area contributed by atoms with Crippen LogP contribution >= 0.6 is 0 Å². The highest BCUT2D eigenvalue weighted by atomic mass is 19.1. The third kappa shape index (κ3) is 6.15. The largest absolute Gasteiger partial charge is 0.492 e. The monoisotopic (exact) mass is 342 g/mol. The fourth-order valence-electron chi connectivity index (χ4n) is 3.29. The van der Waals surface area contributed by atoms with Crippen LogP contribution in [0.3, 0.4) is 0 Å². The number of halogens is 1. The van der Waals surface area contributed by atoms with Gasteiger partial charge < -0.3 is 10.1 Å². The molecule has 1 saturated heterocycles. The molecule has 0 radical (unpaired) electrons. The van der Waals surface area contributed by atoms with Gasteiger partial charge in [-0.15, -0.1) is 0 Å². The van der Waals surface area contributed by atoms with Crippen LogP contribution in [0.1, 0.15) is 18.4 Å². The number of hydrogen-bond donors (Lipinski definition) is 1. The molecule has 0 saturated carbocycles. The molecule has 0 amide bonds. The normalized spacial score (nSPS) is 16.0. The van der Waals surface area contributed by atoms with Crippen LogP contribution in [0, 0.1) is 11.7 Å². The van der Waals surface area contributed by atoms with E-state index in [-0.39, 0.29) is 5.82 Å². The Bertz CT molecular complexity index is 627. The smallest absolute Gasteiger partial charge is 0.126 e. The zero-order valence-corrected chi connectivity index (χ0v) is 14.7. The maximum Gasteiger partial charge on any atom is 0.126 e. The van der Waals surface area contributed by atoms with Gasteiger partial charge in [-0.1, -0.05) is 36.4 Å². The van der Waals surface area contributed by atoms with Gasteiger partial charge in [-0.05, 0) is 56.1 Å². The number of rotatable bonds is 8.